The smallest absolute Gasteiger partial charge is 0.244 e. The molecule has 0 radical (unpaired) electrons. The predicted octanol–water partition coefficient (Wildman–Crippen LogP) is 3.14. The summed E-state index contributed by atoms with van der Waals surface area (Å²) >= 11 is 8.76. The molecular weight excluding hydrogens is 442 g/mol. The predicted molar refractivity (Wildman–Crippen MR) is 113 cm³/mol. The Kier molecular flexibility index (Phi) is 7.15. The molecule has 1 saturated heterocycles. The lowest BCUT2D eigenvalue weighted by atomic mass is 10.2. The summed E-state index contributed by atoms with van der Waals surface area (Å²) in [5, 5.41) is 14.3. The number of hydrogen-bond donors (Lipinski definition) is 2. The molecule has 28 heavy (non-hydrogen) atoms. The van der Waals surface area contributed by atoms with Crippen LogP contribution in [0.1, 0.15) is 19.3 Å². The van der Waals surface area contributed by atoms with E-state index in [1.807, 2.05) is 0 Å². The van der Waals surface area contributed by atoms with Crippen LogP contribution in [0.3, 0.4) is 0 Å². The van der Waals surface area contributed by atoms with Crippen molar-refractivity contribution in [2.45, 2.75) is 28.5 Å². The van der Waals surface area contributed by atoms with Crippen molar-refractivity contribution in [1.29, 1.82) is 0 Å². The fourth-order valence-corrected chi connectivity index (χ4v) is 6.24. The van der Waals surface area contributed by atoms with Crippen LogP contribution in [0.5, 0.6) is 0 Å². The topological polar surface area (TPSA) is 104 Å². The molecule has 152 valence electrons. The van der Waals surface area contributed by atoms with Crippen LogP contribution in [0.25, 0.3) is 0 Å². The molecule has 1 aliphatic heterocycles. The quantitative estimate of drug-likeness (QED) is 0.610. The van der Waals surface area contributed by atoms with Crippen LogP contribution >= 0.6 is 34.7 Å². The van der Waals surface area contributed by atoms with Crippen molar-refractivity contribution in [2.75, 3.05) is 36.5 Å². The molecule has 0 saturated carbocycles. The van der Waals surface area contributed by atoms with E-state index < -0.39 is 10.0 Å². The number of hydrogen-bond acceptors (Lipinski definition) is 8. The monoisotopic (exact) mass is 461 g/mol. The van der Waals surface area contributed by atoms with E-state index in [9.17, 15) is 13.2 Å². The van der Waals surface area contributed by atoms with Crippen LogP contribution in [0.2, 0.25) is 5.02 Å². The molecule has 1 aliphatic rings. The number of thioether (sulfide) groups is 1. The summed E-state index contributed by atoms with van der Waals surface area (Å²) in [5.41, 5.74) is 0.388. The van der Waals surface area contributed by atoms with Crippen molar-refractivity contribution >= 4 is 61.4 Å². The van der Waals surface area contributed by atoms with Crippen LogP contribution in [0.15, 0.2) is 27.4 Å². The van der Waals surface area contributed by atoms with Crippen molar-refractivity contribution in [3.63, 3.8) is 0 Å². The highest BCUT2D eigenvalue weighted by molar-refractivity contribution is 8.01. The Labute approximate surface area is 177 Å². The van der Waals surface area contributed by atoms with Gasteiger partial charge in [0.25, 0.3) is 0 Å². The minimum Gasteiger partial charge on any atom is -0.363 e. The van der Waals surface area contributed by atoms with E-state index in [-0.39, 0.29) is 21.6 Å². The van der Waals surface area contributed by atoms with Gasteiger partial charge in [-0.15, -0.1) is 10.2 Å². The Morgan fingerprint density at radius 2 is 2.04 bits per heavy atom. The van der Waals surface area contributed by atoms with Gasteiger partial charge in [-0.1, -0.05) is 41.1 Å². The van der Waals surface area contributed by atoms with E-state index in [1.54, 1.807) is 13.1 Å². The van der Waals surface area contributed by atoms with Gasteiger partial charge >= 0.3 is 0 Å². The molecule has 0 spiro atoms. The third kappa shape index (κ3) is 5.15. The molecule has 0 unspecified atom stereocenters. The van der Waals surface area contributed by atoms with Gasteiger partial charge in [-0.3, -0.25) is 4.79 Å². The lowest BCUT2D eigenvalue weighted by Crippen LogP contribution is -2.35. The summed E-state index contributed by atoms with van der Waals surface area (Å²) in [6.45, 7) is 0.977. The van der Waals surface area contributed by atoms with Gasteiger partial charge in [0.05, 0.1) is 10.8 Å². The number of nitrogens with zero attached hydrogens (tertiary/aromatic N) is 3. The summed E-state index contributed by atoms with van der Waals surface area (Å²) < 4.78 is 27.9. The standard InChI is InChI=1S/C16H20ClN5O3S3/c1-18-15-20-21-16(27-15)26-10-14(23)19-11-5-6-12(17)13(9-11)28(24,25)22-7-3-2-4-8-22/h5-6,9H,2-4,7-8,10H2,1H3,(H,18,20)(H,19,23). The first-order valence-corrected chi connectivity index (χ1v) is 12.3. The maximum Gasteiger partial charge on any atom is 0.244 e. The molecule has 8 nitrogen and oxygen atoms in total. The summed E-state index contributed by atoms with van der Waals surface area (Å²) in [4.78, 5) is 12.2. The van der Waals surface area contributed by atoms with Crippen molar-refractivity contribution in [1.82, 2.24) is 14.5 Å². The van der Waals surface area contributed by atoms with Gasteiger partial charge < -0.3 is 10.6 Å². The fraction of sp³-hybridized carbons (Fsp3) is 0.438. The Morgan fingerprint density at radius 3 is 2.71 bits per heavy atom. The largest absolute Gasteiger partial charge is 0.363 e. The van der Waals surface area contributed by atoms with Gasteiger partial charge in [-0.2, -0.15) is 4.31 Å². The number of aromatic nitrogens is 2. The van der Waals surface area contributed by atoms with E-state index in [0.717, 1.165) is 19.3 Å². The molecule has 2 aromatic rings. The maximum atomic E-state index is 12.9. The van der Waals surface area contributed by atoms with Gasteiger partial charge in [0.1, 0.15) is 4.90 Å². The van der Waals surface area contributed by atoms with Crippen LogP contribution in [-0.2, 0) is 14.8 Å². The van der Waals surface area contributed by atoms with E-state index >= 15 is 0 Å². The molecular formula is C16H20ClN5O3S3. The second kappa shape index (κ2) is 9.40. The van der Waals surface area contributed by atoms with Crippen molar-refractivity contribution in [2.24, 2.45) is 0 Å². The number of amides is 1. The molecule has 0 bridgehead atoms. The molecule has 3 rings (SSSR count). The summed E-state index contributed by atoms with van der Waals surface area (Å²) in [5.74, 6) is -0.135. The second-order valence-electron chi connectivity index (χ2n) is 6.07. The number of piperidine rings is 1. The lowest BCUT2D eigenvalue weighted by molar-refractivity contribution is -0.113. The molecule has 1 aromatic heterocycles. The van der Waals surface area contributed by atoms with Gasteiger partial charge in [0.15, 0.2) is 4.34 Å². The molecule has 2 heterocycles. The van der Waals surface area contributed by atoms with E-state index in [1.165, 1.54) is 39.5 Å². The maximum absolute atomic E-state index is 12.9. The molecule has 0 aliphatic carbocycles. The first-order valence-electron chi connectivity index (χ1n) is 8.64. The Bertz CT molecular complexity index is 945. The van der Waals surface area contributed by atoms with Crippen molar-refractivity contribution in [3.05, 3.63) is 23.2 Å². The van der Waals surface area contributed by atoms with Crippen molar-refractivity contribution in [3.8, 4) is 0 Å². The van der Waals surface area contributed by atoms with Gasteiger partial charge in [-0.05, 0) is 31.0 Å². The zero-order valence-electron chi connectivity index (χ0n) is 15.1. The van der Waals surface area contributed by atoms with Gasteiger partial charge in [0.2, 0.25) is 21.1 Å². The molecule has 1 fully saturated rings. The second-order valence-corrected chi connectivity index (χ2v) is 10.6. The average Bonchev–Trinajstić information content (AvgIpc) is 3.16. The third-order valence-corrected chi connectivity index (χ3v) is 8.55. The number of nitrogens with one attached hydrogen (secondary N) is 2. The van der Waals surface area contributed by atoms with Crippen LogP contribution in [0, 0.1) is 0 Å². The zero-order chi connectivity index (χ0) is 20.1. The van der Waals surface area contributed by atoms with Crippen LogP contribution < -0.4 is 10.6 Å². The first-order chi connectivity index (χ1) is 13.4. The third-order valence-electron chi connectivity index (χ3n) is 4.09. The number of sulfonamides is 1. The van der Waals surface area contributed by atoms with E-state index in [4.69, 9.17) is 11.6 Å². The number of halogens is 1. The Hall–Kier alpha value is -1.40. The Morgan fingerprint density at radius 1 is 1.29 bits per heavy atom. The number of carbonyl (C=O) groups is 1. The number of rotatable bonds is 7. The van der Waals surface area contributed by atoms with E-state index in [0.29, 0.717) is 28.2 Å². The van der Waals surface area contributed by atoms with Gasteiger partial charge in [-0.25, -0.2) is 8.42 Å². The van der Waals surface area contributed by atoms with Crippen LogP contribution in [-0.4, -0.2) is 54.7 Å². The molecule has 12 heteroatoms. The molecule has 1 aromatic carbocycles. The number of carbonyl (C=O) groups excluding carboxylic acids is 1. The van der Waals surface area contributed by atoms with E-state index in [2.05, 4.69) is 20.8 Å². The highest BCUT2D eigenvalue weighted by Gasteiger charge is 2.28. The fourth-order valence-electron chi connectivity index (χ4n) is 2.72. The summed E-state index contributed by atoms with van der Waals surface area (Å²) in [6.07, 6.45) is 2.70. The summed E-state index contributed by atoms with van der Waals surface area (Å²) in [7, 11) is -1.94. The lowest BCUT2D eigenvalue weighted by Gasteiger charge is -2.26. The SMILES string of the molecule is CNc1nnc(SCC(=O)Nc2ccc(Cl)c(S(=O)(=O)N3CCCCC3)c2)s1. The number of benzene rings is 1. The average molecular weight is 462 g/mol. The molecule has 0 atom stereocenters. The van der Waals surface area contributed by atoms with Gasteiger partial charge in [0, 0.05) is 25.8 Å². The molecule has 2 N–H and O–H groups in total. The zero-order valence-corrected chi connectivity index (χ0v) is 18.3. The normalized spacial score (nSPS) is 15.4. The summed E-state index contributed by atoms with van der Waals surface area (Å²) in [6, 6.07) is 4.49. The minimum absolute atomic E-state index is 0.0179. The van der Waals surface area contributed by atoms with Crippen molar-refractivity contribution < 1.29 is 13.2 Å². The highest BCUT2D eigenvalue weighted by atomic mass is 35.5. The first kappa shape index (κ1) is 21.3. The number of anilines is 2. The highest BCUT2D eigenvalue weighted by Crippen LogP contribution is 2.30. The minimum atomic E-state index is -3.69. The Balaban J connectivity index is 1.67. The van der Waals surface area contributed by atoms with Crippen LogP contribution in [0.4, 0.5) is 10.8 Å². The molecule has 1 amide bonds.